The Balaban J connectivity index is 2.30. The van der Waals surface area contributed by atoms with Gasteiger partial charge in [-0.05, 0) is 18.2 Å². The number of carbonyl (C=O) groups excluding carboxylic acids is 2. The molecule has 1 fully saturated rings. The highest BCUT2D eigenvalue weighted by molar-refractivity contribution is 5.98. The maximum absolute atomic E-state index is 11.8. The molecule has 0 aromatic heterocycles. The number of ether oxygens (including phenoxy) is 1. The molecule has 1 aliphatic rings. The van der Waals surface area contributed by atoms with Crippen molar-refractivity contribution in [2.45, 2.75) is 13.3 Å². The zero-order valence-corrected chi connectivity index (χ0v) is 13.4. The van der Waals surface area contributed by atoms with Gasteiger partial charge in [0.1, 0.15) is 0 Å². The van der Waals surface area contributed by atoms with E-state index in [0.717, 1.165) is 31.9 Å². The Bertz CT molecular complexity index is 552. The van der Waals surface area contributed by atoms with Crippen LogP contribution in [0.2, 0.25) is 0 Å². The summed E-state index contributed by atoms with van der Waals surface area (Å²) in [5.41, 5.74) is 2.08. The largest absolute Gasteiger partial charge is 0.465 e. The number of nitrogens with zero attached hydrogens (tertiary/aromatic N) is 1. The number of carbonyl (C=O) groups is 2. The Kier molecular flexibility index (Phi) is 5.38. The minimum absolute atomic E-state index is 0.0666. The number of esters is 1. The molecule has 0 saturated carbocycles. The van der Waals surface area contributed by atoms with E-state index in [0.29, 0.717) is 17.7 Å². The molecule has 2 rings (SSSR count). The number of hydrogen-bond acceptors (Lipinski definition) is 4. The van der Waals surface area contributed by atoms with E-state index in [4.69, 9.17) is 4.74 Å². The van der Waals surface area contributed by atoms with Gasteiger partial charge in [0.05, 0.1) is 57.3 Å². The topological polar surface area (TPSA) is 63.1 Å². The highest BCUT2D eigenvalue weighted by atomic mass is 16.5. The van der Waals surface area contributed by atoms with Crippen molar-refractivity contribution in [1.29, 1.82) is 0 Å². The van der Waals surface area contributed by atoms with Gasteiger partial charge in [0, 0.05) is 6.42 Å². The van der Waals surface area contributed by atoms with Crippen LogP contribution in [0.15, 0.2) is 18.2 Å². The van der Waals surface area contributed by atoms with Gasteiger partial charge in [-0.2, -0.15) is 0 Å². The van der Waals surface area contributed by atoms with Gasteiger partial charge < -0.3 is 19.9 Å². The van der Waals surface area contributed by atoms with E-state index in [2.05, 4.69) is 17.3 Å². The van der Waals surface area contributed by atoms with Crippen LogP contribution < -0.4 is 15.1 Å². The van der Waals surface area contributed by atoms with Crippen LogP contribution in [0.25, 0.3) is 0 Å². The lowest BCUT2D eigenvalue weighted by Crippen LogP contribution is -3.12. The van der Waals surface area contributed by atoms with Crippen LogP contribution in [-0.4, -0.2) is 52.2 Å². The lowest BCUT2D eigenvalue weighted by atomic mass is 10.1. The summed E-state index contributed by atoms with van der Waals surface area (Å²) in [7, 11) is 3.53. The van der Waals surface area contributed by atoms with Crippen molar-refractivity contribution in [3.8, 4) is 0 Å². The number of hydrogen-bond donors (Lipinski definition) is 2. The van der Waals surface area contributed by atoms with Crippen molar-refractivity contribution in [3.63, 3.8) is 0 Å². The number of quaternary nitrogens is 1. The minimum atomic E-state index is -0.402. The SMILES string of the molecule is CCC(=O)Nc1cc(C(=O)OC)ccc1N1CC[NH+](C)CC1. The summed E-state index contributed by atoms with van der Waals surface area (Å²) >= 11 is 0. The summed E-state index contributed by atoms with van der Waals surface area (Å²) in [5, 5.41) is 2.89. The molecule has 6 heteroatoms. The van der Waals surface area contributed by atoms with Gasteiger partial charge in [0.25, 0.3) is 0 Å². The number of methoxy groups -OCH3 is 1. The van der Waals surface area contributed by atoms with Gasteiger partial charge in [0.2, 0.25) is 5.91 Å². The van der Waals surface area contributed by atoms with E-state index >= 15 is 0 Å². The van der Waals surface area contributed by atoms with Gasteiger partial charge in [-0.25, -0.2) is 4.79 Å². The molecule has 1 aliphatic heterocycles. The smallest absolute Gasteiger partial charge is 0.337 e. The molecular weight excluding hydrogens is 282 g/mol. The molecule has 1 heterocycles. The van der Waals surface area contributed by atoms with Crippen LogP contribution in [0.3, 0.4) is 0 Å². The van der Waals surface area contributed by atoms with Crippen molar-refractivity contribution < 1.29 is 19.2 Å². The van der Waals surface area contributed by atoms with Crippen LogP contribution in [0, 0.1) is 0 Å². The summed E-state index contributed by atoms with van der Waals surface area (Å²) in [6.45, 7) is 5.77. The van der Waals surface area contributed by atoms with E-state index in [1.807, 2.05) is 6.07 Å². The fraction of sp³-hybridized carbons (Fsp3) is 0.500. The minimum Gasteiger partial charge on any atom is -0.465 e. The van der Waals surface area contributed by atoms with Gasteiger partial charge in [-0.15, -0.1) is 0 Å². The van der Waals surface area contributed by atoms with Crippen molar-refractivity contribution >= 4 is 23.3 Å². The number of amides is 1. The molecule has 1 saturated heterocycles. The first-order valence-electron chi connectivity index (χ1n) is 7.63. The molecule has 0 atom stereocenters. The molecule has 6 nitrogen and oxygen atoms in total. The second kappa shape index (κ2) is 7.26. The molecule has 22 heavy (non-hydrogen) atoms. The van der Waals surface area contributed by atoms with Gasteiger partial charge in [0.15, 0.2) is 0 Å². The number of rotatable bonds is 4. The summed E-state index contributed by atoms with van der Waals surface area (Å²) in [6, 6.07) is 5.33. The predicted molar refractivity (Wildman–Crippen MR) is 85.5 cm³/mol. The standard InChI is InChI=1S/C16H23N3O3/c1-4-15(20)17-13-11-12(16(21)22-3)5-6-14(13)19-9-7-18(2)8-10-19/h5-6,11H,4,7-10H2,1-3H3,(H,17,20)/p+1. The average Bonchev–Trinajstić information content (AvgIpc) is 2.54. The molecule has 1 aromatic rings. The Morgan fingerprint density at radius 2 is 2.00 bits per heavy atom. The second-order valence-electron chi connectivity index (χ2n) is 5.57. The van der Waals surface area contributed by atoms with E-state index in [1.165, 1.54) is 12.0 Å². The van der Waals surface area contributed by atoms with Crippen molar-refractivity contribution in [2.24, 2.45) is 0 Å². The van der Waals surface area contributed by atoms with E-state index in [9.17, 15) is 9.59 Å². The Morgan fingerprint density at radius 3 is 2.59 bits per heavy atom. The van der Waals surface area contributed by atoms with Crippen LogP contribution in [-0.2, 0) is 9.53 Å². The third-order valence-corrected chi connectivity index (χ3v) is 3.97. The predicted octanol–water partition coefficient (Wildman–Crippen LogP) is 0.156. The van der Waals surface area contributed by atoms with Crippen LogP contribution in [0.5, 0.6) is 0 Å². The maximum Gasteiger partial charge on any atom is 0.337 e. The first-order valence-corrected chi connectivity index (χ1v) is 7.63. The third kappa shape index (κ3) is 3.76. The quantitative estimate of drug-likeness (QED) is 0.778. The van der Waals surface area contributed by atoms with Crippen LogP contribution in [0.1, 0.15) is 23.7 Å². The summed E-state index contributed by atoms with van der Waals surface area (Å²) < 4.78 is 4.75. The molecule has 0 spiro atoms. The Hall–Kier alpha value is -2.08. The molecule has 0 radical (unpaired) electrons. The molecule has 1 amide bonds. The summed E-state index contributed by atoms with van der Waals surface area (Å²) in [6.07, 6.45) is 0.398. The zero-order valence-electron chi connectivity index (χ0n) is 13.4. The molecule has 0 unspecified atom stereocenters. The Morgan fingerprint density at radius 1 is 1.32 bits per heavy atom. The van der Waals surface area contributed by atoms with Crippen molar-refractivity contribution in [2.75, 3.05) is 50.6 Å². The number of nitrogens with one attached hydrogen (secondary N) is 2. The molecule has 0 aliphatic carbocycles. The number of anilines is 2. The first-order chi connectivity index (χ1) is 10.5. The lowest BCUT2D eigenvalue weighted by Gasteiger charge is -2.33. The maximum atomic E-state index is 11.8. The van der Waals surface area contributed by atoms with Crippen LogP contribution in [0.4, 0.5) is 11.4 Å². The lowest BCUT2D eigenvalue weighted by molar-refractivity contribution is -0.880. The average molecular weight is 306 g/mol. The third-order valence-electron chi connectivity index (χ3n) is 3.97. The molecule has 2 N–H and O–H groups in total. The molecule has 1 aromatic carbocycles. The number of piperazine rings is 1. The molecular formula is C16H24N3O3+. The summed E-state index contributed by atoms with van der Waals surface area (Å²) in [4.78, 5) is 27.2. The van der Waals surface area contributed by atoms with E-state index in [1.54, 1.807) is 19.1 Å². The van der Waals surface area contributed by atoms with Crippen molar-refractivity contribution in [1.82, 2.24) is 0 Å². The molecule has 120 valence electrons. The fourth-order valence-corrected chi connectivity index (χ4v) is 2.52. The number of likely N-dealkylation sites (N-methyl/N-ethyl adjacent to an activating group) is 1. The second-order valence-corrected chi connectivity index (χ2v) is 5.57. The van der Waals surface area contributed by atoms with Gasteiger partial charge in [-0.1, -0.05) is 6.92 Å². The fourth-order valence-electron chi connectivity index (χ4n) is 2.52. The van der Waals surface area contributed by atoms with Crippen LogP contribution >= 0.6 is 0 Å². The highest BCUT2D eigenvalue weighted by Crippen LogP contribution is 2.28. The van der Waals surface area contributed by atoms with Crippen molar-refractivity contribution in [3.05, 3.63) is 23.8 Å². The zero-order chi connectivity index (χ0) is 16.1. The van der Waals surface area contributed by atoms with Gasteiger partial charge >= 0.3 is 5.97 Å². The number of benzene rings is 1. The van der Waals surface area contributed by atoms with E-state index < -0.39 is 5.97 Å². The molecule has 0 bridgehead atoms. The monoisotopic (exact) mass is 306 g/mol. The highest BCUT2D eigenvalue weighted by Gasteiger charge is 2.21. The first kappa shape index (κ1) is 16.3. The normalized spacial score (nSPS) is 15.5. The van der Waals surface area contributed by atoms with E-state index in [-0.39, 0.29) is 5.91 Å². The summed E-state index contributed by atoms with van der Waals surface area (Å²) in [5.74, 6) is -0.468. The van der Waals surface area contributed by atoms with Gasteiger partial charge in [-0.3, -0.25) is 4.79 Å². The Labute approximate surface area is 131 Å².